The molecule has 5 rings (SSSR count). The first kappa shape index (κ1) is 24.4. The molecule has 0 unspecified atom stereocenters. The summed E-state index contributed by atoms with van der Waals surface area (Å²) in [6.07, 6.45) is 0. The highest BCUT2D eigenvalue weighted by Gasteiger charge is 2.29. The Kier molecular flexibility index (Phi) is 6.91. The van der Waals surface area contributed by atoms with Crippen molar-refractivity contribution in [3.8, 4) is 22.5 Å². The normalized spacial score (nSPS) is 10.5. The Morgan fingerprint density at radius 2 is 0.711 bits per heavy atom. The number of carbonyl (C=O) groups excluding carboxylic acids is 4. The Bertz CT molecular complexity index is 1520. The quantitative estimate of drug-likeness (QED) is 0.180. The van der Waals surface area contributed by atoms with Crippen molar-refractivity contribution in [1.82, 2.24) is 4.98 Å². The van der Waals surface area contributed by atoms with Crippen LogP contribution in [0, 0.1) is 0 Å². The van der Waals surface area contributed by atoms with Crippen LogP contribution >= 0.6 is 0 Å². The Hall–Kier alpha value is -5.29. The smallest absolute Gasteiger partial charge is 0.235 e. The first-order valence-corrected chi connectivity index (χ1v) is 12.0. The lowest BCUT2D eigenvalue weighted by molar-refractivity contribution is 0.0812. The predicted molar refractivity (Wildman–Crippen MR) is 145 cm³/mol. The molecule has 5 aromatic rings. The van der Waals surface area contributed by atoms with Crippen molar-refractivity contribution < 1.29 is 19.2 Å². The Morgan fingerprint density at radius 3 is 1.05 bits per heavy atom. The second-order valence-corrected chi connectivity index (χ2v) is 8.56. The maximum atomic E-state index is 13.6. The summed E-state index contributed by atoms with van der Waals surface area (Å²) in [5.41, 5.74) is 2.05. The van der Waals surface area contributed by atoms with Crippen molar-refractivity contribution in [3.63, 3.8) is 0 Å². The van der Waals surface area contributed by atoms with E-state index in [0.717, 1.165) is 0 Å². The summed E-state index contributed by atoms with van der Waals surface area (Å²) in [4.78, 5) is 58.4. The van der Waals surface area contributed by atoms with E-state index in [2.05, 4.69) is 0 Å². The Morgan fingerprint density at radius 1 is 0.395 bits per heavy atom. The maximum absolute atomic E-state index is 13.6. The van der Waals surface area contributed by atoms with Crippen molar-refractivity contribution in [2.45, 2.75) is 0 Å². The van der Waals surface area contributed by atoms with E-state index in [1.807, 2.05) is 12.1 Å². The van der Waals surface area contributed by atoms with E-state index >= 15 is 0 Å². The number of ketones is 4. The average molecular weight is 496 g/mol. The van der Waals surface area contributed by atoms with Gasteiger partial charge >= 0.3 is 0 Å². The Labute approximate surface area is 219 Å². The van der Waals surface area contributed by atoms with Gasteiger partial charge in [0.05, 0.1) is 22.5 Å². The van der Waals surface area contributed by atoms with Gasteiger partial charge in [0.1, 0.15) is 0 Å². The molecule has 5 nitrogen and oxygen atoms in total. The fourth-order valence-electron chi connectivity index (χ4n) is 4.18. The van der Waals surface area contributed by atoms with Gasteiger partial charge in [-0.25, -0.2) is 4.98 Å². The minimum atomic E-state index is -0.816. The molecule has 0 N–H and O–H groups in total. The molecular formula is C33H21NO4. The van der Waals surface area contributed by atoms with Gasteiger partial charge in [-0.2, -0.15) is 0 Å². The van der Waals surface area contributed by atoms with E-state index in [9.17, 15) is 19.2 Å². The van der Waals surface area contributed by atoms with Crippen LogP contribution in [0.2, 0.25) is 0 Å². The van der Waals surface area contributed by atoms with Gasteiger partial charge in [0.15, 0.2) is 0 Å². The lowest BCUT2D eigenvalue weighted by atomic mass is 9.91. The van der Waals surface area contributed by atoms with Crippen molar-refractivity contribution in [2.75, 3.05) is 0 Å². The van der Waals surface area contributed by atoms with Crippen LogP contribution in [0.3, 0.4) is 0 Å². The molecule has 0 fully saturated rings. The summed E-state index contributed by atoms with van der Waals surface area (Å²) >= 11 is 0. The van der Waals surface area contributed by atoms with E-state index in [4.69, 9.17) is 4.98 Å². The molecule has 0 saturated carbocycles. The van der Waals surface area contributed by atoms with E-state index in [1.165, 1.54) is 6.07 Å². The maximum Gasteiger partial charge on any atom is 0.235 e. The zero-order valence-corrected chi connectivity index (χ0v) is 20.2. The molecule has 1 heterocycles. The van der Waals surface area contributed by atoms with Crippen LogP contribution in [-0.2, 0) is 0 Å². The summed E-state index contributed by atoms with van der Waals surface area (Å²) in [6, 6.07) is 35.7. The van der Waals surface area contributed by atoms with Crippen molar-refractivity contribution >= 4 is 23.1 Å². The SMILES string of the molecule is O=C(C(=O)c1cc(C(=O)C(=O)c2ccccc2)c(-c2ccccc2)nc1-c1ccccc1)c1ccccc1. The molecule has 0 amide bonds. The highest BCUT2D eigenvalue weighted by atomic mass is 16.2. The lowest BCUT2D eigenvalue weighted by Gasteiger charge is -2.15. The average Bonchev–Trinajstić information content (AvgIpc) is 3.00. The van der Waals surface area contributed by atoms with Crippen molar-refractivity contribution in [2.24, 2.45) is 0 Å². The van der Waals surface area contributed by atoms with Gasteiger partial charge in [0, 0.05) is 22.3 Å². The van der Waals surface area contributed by atoms with Crippen LogP contribution < -0.4 is 0 Å². The third kappa shape index (κ3) is 4.86. The van der Waals surface area contributed by atoms with E-state index in [0.29, 0.717) is 11.1 Å². The molecule has 1 aromatic heterocycles. The molecule has 0 aliphatic carbocycles. The van der Waals surface area contributed by atoms with Gasteiger partial charge in [-0.05, 0) is 6.07 Å². The number of carbonyl (C=O) groups is 4. The highest BCUT2D eigenvalue weighted by molar-refractivity contribution is 6.52. The summed E-state index contributed by atoms with van der Waals surface area (Å²) in [5, 5.41) is 0. The van der Waals surface area contributed by atoms with Gasteiger partial charge in [0.2, 0.25) is 23.1 Å². The molecule has 0 saturated heterocycles. The summed E-state index contributed by atoms with van der Waals surface area (Å²) < 4.78 is 0. The van der Waals surface area contributed by atoms with Gasteiger partial charge in [-0.15, -0.1) is 0 Å². The molecule has 5 heteroatoms. The van der Waals surface area contributed by atoms with Gasteiger partial charge in [-0.1, -0.05) is 121 Å². The summed E-state index contributed by atoms with van der Waals surface area (Å²) in [5.74, 6) is -3.10. The first-order chi connectivity index (χ1) is 18.5. The van der Waals surface area contributed by atoms with E-state index < -0.39 is 23.1 Å². The zero-order chi connectivity index (χ0) is 26.5. The van der Waals surface area contributed by atoms with Crippen LogP contribution in [0.5, 0.6) is 0 Å². The van der Waals surface area contributed by atoms with Gasteiger partial charge in [0.25, 0.3) is 0 Å². The largest absolute Gasteiger partial charge is 0.285 e. The molecule has 0 spiro atoms. The topological polar surface area (TPSA) is 81.2 Å². The summed E-state index contributed by atoms with van der Waals surface area (Å²) in [7, 11) is 0. The van der Waals surface area contributed by atoms with Gasteiger partial charge < -0.3 is 0 Å². The number of nitrogens with zero attached hydrogens (tertiary/aromatic N) is 1. The molecule has 4 aromatic carbocycles. The molecule has 0 radical (unpaired) electrons. The third-order valence-corrected chi connectivity index (χ3v) is 6.09. The van der Waals surface area contributed by atoms with Crippen LogP contribution in [0.1, 0.15) is 41.4 Å². The van der Waals surface area contributed by atoms with Gasteiger partial charge in [-0.3, -0.25) is 19.2 Å². The van der Waals surface area contributed by atoms with E-state index in [1.54, 1.807) is 109 Å². The fraction of sp³-hybridized carbons (Fsp3) is 0. The molecule has 0 aliphatic rings. The number of rotatable bonds is 8. The number of pyridine rings is 1. The van der Waals surface area contributed by atoms with Crippen molar-refractivity contribution in [3.05, 3.63) is 150 Å². The number of hydrogen-bond donors (Lipinski definition) is 0. The standard InChI is InChI=1S/C33H21NO4/c35-30(24-17-9-3-10-18-24)32(37)26-21-27(33(38)31(36)25-19-11-4-12-20-25)29(23-15-7-2-8-16-23)34-28(26)22-13-5-1-6-14-22/h1-21H. The van der Waals surface area contributed by atoms with E-state index in [-0.39, 0.29) is 33.6 Å². The monoisotopic (exact) mass is 495 g/mol. The third-order valence-electron chi connectivity index (χ3n) is 6.09. The first-order valence-electron chi connectivity index (χ1n) is 12.0. The summed E-state index contributed by atoms with van der Waals surface area (Å²) in [6.45, 7) is 0. The number of benzene rings is 4. The minimum absolute atomic E-state index is 0.0473. The predicted octanol–water partition coefficient (Wildman–Crippen LogP) is 6.55. The van der Waals surface area contributed by atoms with Crippen LogP contribution in [0.15, 0.2) is 127 Å². The van der Waals surface area contributed by atoms with Crippen LogP contribution in [-0.4, -0.2) is 28.1 Å². The number of hydrogen-bond acceptors (Lipinski definition) is 5. The molecule has 0 bridgehead atoms. The molecule has 182 valence electrons. The number of aromatic nitrogens is 1. The highest BCUT2D eigenvalue weighted by Crippen LogP contribution is 2.31. The molecule has 0 aliphatic heterocycles. The van der Waals surface area contributed by atoms with Crippen LogP contribution in [0.4, 0.5) is 0 Å². The second-order valence-electron chi connectivity index (χ2n) is 8.56. The fourth-order valence-corrected chi connectivity index (χ4v) is 4.18. The van der Waals surface area contributed by atoms with Crippen molar-refractivity contribution in [1.29, 1.82) is 0 Å². The zero-order valence-electron chi connectivity index (χ0n) is 20.2. The minimum Gasteiger partial charge on any atom is -0.285 e. The Balaban J connectivity index is 1.74. The molecular weight excluding hydrogens is 474 g/mol. The number of Topliss-reactive ketones (excluding diaryl/α,β-unsaturated/α-hetero) is 4. The van der Waals surface area contributed by atoms with Crippen LogP contribution in [0.25, 0.3) is 22.5 Å². The lowest BCUT2D eigenvalue weighted by Crippen LogP contribution is -2.20. The molecule has 38 heavy (non-hydrogen) atoms. The molecule has 0 atom stereocenters. The second kappa shape index (κ2) is 10.8.